The molecule has 0 heterocycles. The maximum Gasteiger partial charge on any atom is 0.247 e. The highest BCUT2D eigenvalue weighted by molar-refractivity contribution is 7.92. The Morgan fingerprint density at radius 3 is 2.25 bits per heavy atom. The van der Waals surface area contributed by atoms with Crippen LogP contribution in [0.4, 0.5) is 11.4 Å². The van der Waals surface area contributed by atoms with Crippen LogP contribution < -0.4 is 9.62 Å². The maximum absolute atomic E-state index is 12.5. The van der Waals surface area contributed by atoms with Crippen molar-refractivity contribution < 1.29 is 13.2 Å². The lowest BCUT2D eigenvalue weighted by molar-refractivity contribution is -0.116. The van der Waals surface area contributed by atoms with Crippen molar-refractivity contribution in [1.82, 2.24) is 0 Å². The minimum atomic E-state index is -3.64. The van der Waals surface area contributed by atoms with Crippen LogP contribution in [0.15, 0.2) is 48.5 Å². The number of amides is 1. The summed E-state index contributed by atoms with van der Waals surface area (Å²) >= 11 is 11.8. The van der Waals surface area contributed by atoms with Gasteiger partial charge in [-0.15, -0.1) is 0 Å². The van der Waals surface area contributed by atoms with Gasteiger partial charge in [-0.1, -0.05) is 41.4 Å². The molecule has 0 saturated heterocycles. The van der Waals surface area contributed by atoms with Gasteiger partial charge in [-0.2, -0.15) is 0 Å². The third-order valence-electron chi connectivity index (χ3n) is 3.29. The summed E-state index contributed by atoms with van der Waals surface area (Å²) in [5.41, 5.74) is 0.847. The molecule has 2 aromatic carbocycles. The first-order valence-corrected chi connectivity index (χ1v) is 9.61. The van der Waals surface area contributed by atoms with E-state index in [9.17, 15) is 13.2 Å². The second-order valence-electron chi connectivity index (χ2n) is 5.19. The summed E-state index contributed by atoms with van der Waals surface area (Å²) in [7, 11) is -3.64. The molecule has 24 heavy (non-hydrogen) atoms. The number of anilines is 2. The van der Waals surface area contributed by atoms with Crippen LogP contribution in [0.5, 0.6) is 0 Å². The van der Waals surface area contributed by atoms with Crippen LogP contribution in [0, 0.1) is 0 Å². The third-order valence-corrected chi connectivity index (χ3v) is 5.27. The third kappa shape index (κ3) is 4.41. The standard InChI is InChI=1S/C16H16Cl2N2O3S/c1-11(16(21)19-12-8-9-14(17)15(18)10-12)20(24(2,22)23)13-6-4-3-5-7-13/h3-11H,1-2H3,(H,19,21)/t11-/m1/s1. The largest absolute Gasteiger partial charge is 0.324 e. The fourth-order valence-corrected chi connectivity index (χ4v) is 3.68. The SMILES string of the molecule is C[C@H](C(=O)Nc1ccc(Cl)c(Cl)c1)N(c1ccccc1)S(C)(=O)=O. The first kappa shape index (κ1) is 18.6. The van der Waals surface area contributed by atoms with Crippen molar-refractivity contribution in [1.29, 1.82) is 0 Å². The van der Waals surface area contributed by atoms with E-state index in [0.717, 1.165) is 10.6 Å². The van der Waals surface area contributed by atoms with Crippen LogP contribution in [-0.4, -0.2) is 26.6 Å². The van der Waals surface area contributed by atoms with Crippen LogP contribution in [0.1, 0.15) is 6.92 Å². The summed E-state index contributed by atoms with van der Waals surface area (Å²) < 4.78 is 25.3. The molecule has 1 N–H and O–H groups in total. The summed E-state index contributed by atoms with van der Waals surface area (Å²) in [4.78, 5) is 12.5. The zero-order valence-electron chi connectivity index (χ0n) is 13.0. The number of hydrogen-bond donors (Lipinski definition) is 1. The molecule has 0 saturated carbocycles. The predicted molar refractivity (Wildman–Crippen MR) is 98.3 cm³/mol. The Kier molecular flexibility index (Phi) is 5.74. The van der Waals surface area contributed by atoms with Crippen LogP contribution in [0.3, 0.4) is 0 Å². The van der Waals surface area contributed by atoms with Crippen molar-refractivity contribution >= 4 is 50.5 Å². The number of sulfonamides is 1. The van der Waals surface area contributed by atoms with Crippen molar-refractivity contribution in [3.05, 3.63) is 58.6 Å². The fourth-order valence-electron chi connectivity index (χ4n) is 2.20. The predicted octanol–water partition coefficient (Wildman–Crippen LogP) is 3.79. The number of halogens is 2. The minimum Gasteiger partial charge on any atom is -0.324 e. The highest BCUT2D eigenvalue weighted by Crippen LogP contribution is 2.26. The van der Waals surface area contributed by atoms with Gasteiger partial charge in [0.15, 0.2) is 0 Å². The summed E-state index contributed by atoms with van der Waals surface area (Å²) in [5, 5.41) is 3.31. The number of nitrogens with one attached hydrogen (secondary N) is 1. The van der Waals surface area contributed by atoms with Gasteiger partial charge < -0.3 is 5.32 Å². The van der Waals surface area contributed by atoms with Gasteiger partial charge in [0.1, 0.15) is 6.04 Å². The average Bonchev–Trinajstić information content (AvgIpc) is 2.50. The van der Waals surface area contributed by atoms with Crippen molar-refractivity contribution in [3.63, 3.8) is 0 Å². The van der Waals surface area contributed by atoms with Gasteiger partial charge in [0.05, 0.1) is 22.0 Å². The lowest BCUT2D eigenvalue weighted by Crippen LogP contribution is -2.45. The topological polar surface area (TPSA) is 66.5 Å². The zero-order chi connectivity index (χ0) is 17.9. The number of rotatable bonds is 5. The van der Waals surface area contributed by atoms with E-state index in [-0.39, 0.29) is 0 Å². The minimum absolute atomic E-state index is 0.296. The molecule has 0 aliphatic carbocycles. The summed E-state index contributed by atoms with van der Waals surface area (Å²) in [5.74, 6) is -0.484. The Labute approximate surface area is 151 Å². The maximum atomic E-state index is 12.5. The molecular weight excluding hydrogens is 371 g/mol. The zero-order valence-corrected chi connectivity index (χ0v) is 15.4. The number of carbonyl (C=O) groups is 1. The molecule has 8 heteroatoms. The van der Waals surface area contributed by atoms with Gasteiger partial charge in [-0.05, 0) is 37.3 Å². The number of hydrogen-bond acceptors (Lipinski definition) is 3. The van der Waals surface area contributed by atoms with Crippen molar-refractivity contribution in [3.8, 4) is 0 Å². The quantitative estimate of drug-likeness (QED) is 0.849. The smallest absolute Gasteiger partial charge is 0.247 e. The Morgan fingerprint density at radius 2 is 1.71 bits per heavy atom. The van der Waals surface area contributed by atoms with Gasteiger partial charge in [0, 0.05) is 5.69 Å². The van der Waals surface area contributed by atoms with Gasteiger partial charge in [-0.25, -0.2) is 8.42 Å². The molecule has 1 amide bonds. The molecule has 0 radical (unpaired) electrons. The molecule has 0 unspecified atom stereocenters. The van der Waals surface area contributed by atoms with Crippen LogP contribution >= 0.6 is 23.2 Å². The molecule has 2 rings (SSSR count). The molecular formula is C16H16Cl2N2O3S. The van der Waals surface area contributed by atoms with E-state index >= 15 is 0 Å². The lowest BCUT2D eigenvalue weighted by Gasteiger charge is -2.28. The van der Waals surface area contributed by atoms with Crippen molar-refractivity contribution in [2.45, 2.75) is 13.0 Å². The van der Waals surface area contributed by atoms with Crippen molar-refractivity contribution in [2.75, 3.05) is 15.9 Å². The molecule has 0 bridgehead atoms. The van der Waals surface area contributed by atoms with Crippen LogP contribution in [0.2, 0.25) is 10.0 Å². The molecule has 5 nitrogen and oxygen atoms in total. The van der Waals surface area contributed by atoms with E-state index in [1.807, 2.05) is 0 Å². The van der Waals surface area contributed by atoms with Gasteiger partial charge in [0.2, 0.25) is 15.9 Å². The summed E-state index contributed by atoms with van der Waals surface area (Å²) in [6.07, 6.45) is 1.06. The number of nitrogens with zero attached hydrogens (tertiary/aromatic N) is 1. The molecule has 0 aliphatic heterocycles. The van der Waals surface area contributed by atoms with E-state index in [0.29, 0.717) is 21.4 Å². The lowest BCUT2D eigenvalue weighted by atomic mass is 10.2. The van der Waals surface area contributed by atoms with E-state index < -0.39 is 22.0 Å². The Balaban J connectivity index is 2.27. The highest BCUT2D eigenvalue weighted by atomic mass is 35.5. The Bertz CT molecular complexity index is 842. The van der Waals surface area contributed by atoms with Gasteiger partial charge >= 0.3 is 0 Å². The van der Waals surface area contributed by atoms with Crippen molar-refractivity contribution in [2.24, 2.45) is 0 Å². The van der Waals surface area contributed by atoms with E-state index in [1.54, 1.807) is 42.5 Å². The van der Waals surface area contributed by atoms with Gasteiger partial charge in [0.25, 0.3) is 0 Å². The molecule has 1 atom stereocenters. The highest BCUT2D eigenvalue weighted by Gasteiger charge is 2.29. The second kappa shape index (κ2) is 7.42. The van der Waals surface area contributed by atoms with E-state index in [2.05, 4.69) is 5.32 Å². The average molecular weight is 387 g/mol. The molecule has 2 aromatic rings. The monoisotopic (exact) mass is 386 g/mol. The number of carbonyl (C=O) groups excluding carboxylic acids is 1. The number of benzene rings is 2. The first-order chi connectivity index (χ1) is 11.2. The summed E-state index contributed by atoms with van der Waals surface area (Å²) in [6.45, 7) is 1.51. The van der Waals surface area contributed by atoms with E-state index in [4.69, 9.17) is 23.2 Å². The summed E-state index contributed by atoms with van der Waals surface area (Å²) in [6, 6.07) is 12.1. The van der Waals surface area contributed by atoms with Crippen LogP contribution in [-0.2, 0) is 14.8 Å². The second-order valence-corrected chi connectivity index (χ2v) is 7.86. The van der Waals surface area contributed by atoms with E-state index in [1.165, 1.54) is 13.0 Å². The number of para-hydroxylation sites is 1. The fraction of sp³-hybridized carbons (Fsp3) is 0.188. The normalized spacial score (nSPS) is 12.5. The molecule has 0 fully saturated rings. The Morgan fingerprint density at radius 1 is 1.08 bits per heavy atom. The molecule has 0 aliphatic rings. The molecule has 128 valence electrons. The Hall–Kier alpha value is -1.76. The molecule has 0 aromatic heterocycles. The molecule has 0 spiro atoms. The first-order valence-electron chi connectivity index (χ1n) is 7.00. The van der Waals surface area contributed by atoms with Gasteiger partial charge in [-0.3, -0.25) is 9.10 Å². The van der Waals surface area contributed by atoms with Crippen LogP contribution in [0.25, 0.3) is 0 Å².